The average Bonchev–Trinajstić information content (AvgIpc) is 2.37. The minimum Gasteiger partial charge on any atom is -0.354 e. The summed E-state index contributed by atoms with van der Waals surface area (Å²) in [6, 6.07) is -0.237. The highest BCUT2D eigenvalue weighted by molar-refractivity contribution is 7.90. The van der Waals surface area contributed by atoms with E-state index in [4.69, 9.17) is 0 Å². The summed E-state index contributed by atoms with van der Waals surface area (Å²) in [6.45, 7) is 0.0466. The second kappa shape index (κ2) is 8.94. The zero-order valence-electron chi connectivity index (χ0n) is 13.6. The molecule has 0 saturated carbocycles. The van der Waals surface area contributed by atoms with Gasteiger partial charge < -0.3 is 15.5 Å². The maximum Gasteiger partial charge on any atom is 0.406 e. The molecule has 0 radical (unpaired) electrons. The SMILES string of the molecule is CN=C(NCC(=O)N(C)CC(F)(F)F)NC(C)CCS(C)(=O)=O. The summed E-state index contributed by atoms with van der Waals surface area (Å²) >= 11 is 0. The topological polar surface area (TPSA) is 90.9 Å². The molecule has 136 valence electrons. The number of likely N-dealkylation sites (N-methyl/N-ethyl adjacent to an activating group) is 1. The fourth-order valence-corrected chi connectivity index (χ4v) is 2.32. The predicted molar refractivity (Wildman–Crippen MR) is 82.0 cm³/mol. The number of carbonyl (C=O) groups is 1. The molecule has 0 fully saturated rings. The summed E-state index contributed by atoms with van der Waals surface area (Å²) in [4.78, 5) is 16.0. The average molecular weight is 360 g/mol. The van der Waals surface area contributed by atoms with Gasteiger partial charge in [-0.15, -0.1) is 0 Å². The number of amides is 1. The van der Waals surface area contributed by atoms with Crippen LogP contribution in [0.25, 0.3) is 0 Å². The molecule has 1 atom stereocenters. The molecule has 0 saturated heterocycles. The summed E-state index contributed by atoms with van der Waals surface area (Å²) in [5, 5.41) is 5.46. The molecule has 0 aliphatic heterocycles. The van der Waals surface area contributed by atoms with E-state index in [9.17, 15) is 26.4 Å². The summed E-state index contributed by atoms with van der Waals surface area (Å²) in [7, 11) is -0.593. The minimum atomic E-state index is -4.45. The van der Waals surface area contributed by atoms with Crippen molar-refractivity contribution in [3.8, 4) is 0 Å². The number of rotatable bonds is 7. The highest BCUT2D eigenvalue weighted by Crippen LogP contribution is 2.15. The lowest BCUT2D eigenvalue weighted by Gasteiger charge is -2.21. The van der Waals surface area contributed by atoms with Gasteiger partial charge in [0.2, 0.25) is 5.91 Å². The normalized spacial score (nSPS) is 14.3. The van der Waals surface area contributed by atoms with Crippen molar-refractivity contribution in [1.29, 1.82) is 0 Å². The van der Waals surface area contributed by atoms with Crippen LogP contribution < -0.4 is 10.6 Å². The van der Waals surface area contributed by atoms with Gasteiger partial charge >= 0.3 is 6.18 Å². The van der Waals surface area contributed by atoms with Crippen molar-refractivity contribution in [1.82, 2.24) is 15.5 Å². The predicted octanol–water partition coefficient (Wildman–Crippen LogP) is -0.00470. The van der Waals surface area contributed by atoms with Crippen molar-refractivity contribution in [2.75, 3.05) is 39.2 Å². The molecule has 0 aromatic rings. The van der Waals surface area contributed by atoms with Crippen molar-refractivity contribution in [2.24, 2.45) is 4.99 Å². The Bertz CT molecular complexity index is 520. The first-order valence-corrected chi connectivity index (χ1v) is 8.85. The molecule has 11 heteroatoms. The maximum atomic E-state index is 12.2. The number of guanidine groups is 1. The van der Waals surface area contributed by atoms with Gasteiger partial charge in [-0.1, -0.05) is 0 Å². The fourth-order valence-electron chi connectivity index (χ4n) is 1.54. The highest BCUT2D eigenvalue weighted by atomic mass is 32.2. The van der Waals surface area contributed by atoms with E-state index in [2.05, 4.69) is 15.6 Å². The lowest BCUT2D eigenvalue weighted by atomic mass is 10.3. The summed E-state index contributed by atoms with van der Waals surface area (Å²) in [5.74, 6) is -0.542. The summed E-state index contributed by atoms with van der Waals surface area (Å²) in [5.41, 5.74) is 0. The van der Waals surface area contributed by atoms with E-state index in [0.717, 1.165) is 13.3 Å². The highest BCUT2D eigenvalue weighted by Gasteiger charge is 2.31. The van der Waals surface area contributed by atoms with E-state index >= 15 is 0 Å². The number of sulfone groups is 1. The van der Waals surface area contributed by atoms with Gasteiger partial charge in [0.25, 0.3) is 0 Å². The number of nitrogens with zero attached hydrogens (tertiary/aromatic N) is 2. The third kappa shape index (κ3) is 11.7. The molecule has 0 bridgehead atoms. The van der Waals surface area contributed by atoms with Crippen LogP contribution in [0.4, 0.5) is 13.2 Å². The Balaban J connectivity index is 4.32. The van der Waals surface area contributed by atoms with E-state index < -0.39 is 28.5 Å². The minimum absolute atomic E-state index is 0.00852. The number of halogens is 3. The van der Waals surface area contributed by atoms with Gasteiger partial charge in [-0.25, -0.2) is 8.42 Å². The fraction of sp³-hybridized carbons (Fsp3) is 0.833. The summed E-state index contributed by atoms with van der Waals surface area (Å²) in [6.07, 6.45) is -2.99. The van der Waals surface area contributed by atoms with E-state index in [1.54, 1.807) is 6.92 Å². The van der Waals surface area contributed by atoms with Crippen LogP contribution in [0.1, 0.15) is 13.3 Å². The van der Waals surface area contributed by atoms with Gasteiger partial charge in [0.1, 0.15) is 16.4 Å². The number of alkyl halides is 3. The first kappa shape index (κ1) is 21.5. The van der Waals surface area contributed by atoms with Gasteiger partial charge in [-0.2, -0.15) is 13.2 Å². The Kier molecular flexibility index (Phi) is 8.35. The zero-order valence-corrected chi connectivity index (χ0v) is 14.4. The molecule has 0 rings (SSSR count). The van der Waals surface area contributed by atoms with E-state index in [-0.39, 0.29) is 24.3 Å². The van der Waals surface area contributed by atoms with Gasteiger partial charge in [0.15, 0.2) is 5.96 Å². The molecule has 2 N–H and O–H groups in total. The lowest BCUT2D eigenvalue weighted by Crippen LogP contribution is -2.47. The van der Waals surface area contributed by atoms with Crippen LogP contribution in [0, 0.1) is 0 Å². The van der Waals surface area contributed by atoms with Gasteiger partial charge in [-0.3, -0.25) is 9.79 Å². The lowest BCUT2D eigenvalue weighted by molar-refractivity contribution is -0.157. The van der Waals surface area contributed by atoms with Crippen LogP contribution in [-0.4, -0.2) is 76.6 Å². The Labute approximate surface area is 134 Å². The number of hydrogen-bond acceptors (Lipinski definition) is 4. The largest absolute Gasteiger partial charge is 0.406 e. The van der Waals surface area contributed by atoms with Crippen molar-refractivity contribution in [3.05, 3.63) is 0 Å². The van der Waals surface area contributed by atoms with Crippen LogP contribution in [0.15, 0.2) is 4.99 Å². The quantitative estimate of drug-likeness (QED) is 0.492. The molecular weight excluding hydrogens is 337 g/mol. The molecule has 0 aliphatic rings. The van der Waals surface area contributed by atoms with E-state index in [1.165, 1.54) is 7.05 Å². The van der Waals surface area contributed by atoms with E-state index in [1.807, 2.05) is 0 Å². The molecule has 23 heavy (non-hydrogen) atoms. The van der Waals surface area contributed by atoms with Crippen LogP contribution in [-0.2, 0) is 14.6 Å². The summed E-state index contributed by atoms with van der Waals surface area (Å²) < 4.78 is 58.7. The van der Waals surface area contributed by atoms with Crippen molar-refractivity contribution in [3.63, 3.8) is 0 Å². The van der Waals surface area contributed by atoms with Crippen LogP contribution in [0.5, 0.6) is 0 Å². The van der Waals surface area contributed by atoms with Crippen molar-refractivity contribution in [2.45, 2.75) is 25.6 Å². The number of aliphatic imine (C=N–C) groups is 1. The van der Waals surface area contributed by atoms with Gasteiger partial charge in [0, 0.05) is 26.4 Å². The number of carbonyl (C=O) groups excluding carboxylic acids is 1. The van der Waals surface area contributed by atoms with Crippen molar-refractivity contribution >= 4 is 21.7 Å². The van der Waals surface area contributed by atoms with Crippen LogP contribution in [0.3, 0.4) is 0 Å². The molecule has 0 aliphatic carbocycles. The Morgan fingerprint density at radius 2 is 1.91 bits per heavy atom. The third-order valence-electron chi connectivity index (χ3n) is 2.78. The molecule has 7 nitrogen and oxygen atoms in total. The van der Waals surface area contributed by atoms with Crippen LogP contribution in [0.2, 0.25) is 0 Å². The Morgan fingerprint density at radius 1 is 1.35 bits per heavy atom. The second-order valence-electron chi connectivity index (χ2n) is 5.25. The monoisotopic (exact) mass is 360 g/mol. The van der Waals surface area contributed by atoms with Gasteiger partial charge in [0.05, 0.1) is 12.3 Å². The second-order valence-corrected chi connectivity index (χ2v) is 7.51. The smallest absolute Gasteiger partial charge is 0.354 e. The number of nitrogens with one attached hydrogen (secondary N) is 2. The first-order chi connectivity index (χ1) is 10.3. The standard InChI is InChI=1S/C12H23F3N4O3S/c1-9(5-6-23(4,21)22)18-11(16-2)17-7-10(20)19(3)8-12(13,14)15/h9H,5-8H2,1-4H3,(H2,16,17,18). The molecule has 0 heterocycles. The molecule has 0 aromatic carbocycles. The third-order valence-corrected chi connectivity index (χ3v) is 3.75. The molecule has 1 unspecified atom stereocenters. The van der Waals surface area contributed by atoms with Gasteiger partial charge in [-0.05, 0) is 13.3 Å². The van der Waals surface area contributed by atoms with E-state index in [0.29, 0.717) is 11.3 Å². The molecular formula is C12H23F3N4O3S. The van der Waals surface area contributed by atoms with Crippen LogP contribution >= 0.6 is 0 Å². The van der Waals surface area contributed by atoms with Crippen molar-refractivity contribution < 1.29 is 26.4 Å². The maximum absolute atomic E-state index is 12.2. The Morgan fingerprint density at radius 3 is 2.35 bits per heavy atom. The first-order valence-electron chi connectivity index (χ1n) is 6.79. The molecule has 1 amide bonds. The number of hydrogen-bond donors (Lipinski definition) is 2. The zero-order chi connectivity index (χ0) is 18.3. The molecule has 0 aromatic heterocycles. The molecule has 0 spiro atoms. The Hall–Kier alpha value is -1.52.